The highest BCUT2D eigenvalue weighted by Gasteiger charge is 2.08. The summed E-state index contributed by atoms with van der Waals surface area (Å²) >= 11 is 0. The Labute approximate surface area is 116 Å². The number of aryl methyl sites for hydroxylation is 1. The normalized spacial score (nSPS) is 11.4. The fourth-order valence-electron chi connectivity index (χ4n) is 2.40. The lowest BCUT2D eigenvalue weighted by molar-refractivity contribution is 0.508. The summed E-state index contributed by atoms with van der Waals surface area (Å²) in [4.78, 5) is 8.79. The van der Waals surface area contributed by atoms with Crippen molar-refractivity contribution in [3.05, 3.63) is 60.4 Å². The molecule has 0 saturated carbocycles. The van der Waals surface area contributed by atoms with Gasteiger partial charge in [0.05, 0.1) is 12.2 Å². The van der Waals surface area contributed by atoms with E-state index in [-0.39, 0.29) is 0 Å². The molecule has 0 radical (unpaired) electrons. The first kappa shape index (κ1) is 11.2. The Kier molecular flexibility index (Phi) is 2.36. The summed E-state index contributed by atoms with van der Waals surface area (Å²) in [7, 11) is 0. The zero-order valence-corrected chi connectivity index (χ0v) is 11.1. The van der Waals surface area contributed by atoms with Crippen LogP contribution in [0.1, 0.15) is 11.5 Å². The molecule has 4 rings (SSSR count). The molecule has 0 aliphatic carbocycles. The second-order valence-electron chi connectivity index (χ2n) is 4.98. The molecule has 2 aliphatic rings. The van der Waals surface area contributed by atoms with E-state index in [2.05, 4.69) is 27.7 Å². The smallest absolute Gasteiger partial charge is 0.215 e. The van der Waals surface area contributed by atoms with Gasteiger partial charge in [-0.05, 0) is 36.8 Å². The maximum absolute atomic E-state index is 5.77. The summed E-state index contributed by atoms with van der Waals surface area (Å²) < 4.78 is 7.83. The van der Waals surface area contributed by atoms with Crippen LogP contribution >= 0.6 is 0 Å². The third-order valence-corrected chi connectivity index (χ3v) is 3.40. The van der Waals surface area contributed by atoms with Crippen molar-refractivity contribution < 1.29 is 4.42 Å². The van der Waals surface area contributed by atoms with Gasteiger partial charge >= 0.3 is 0 Å². The molecule has 2 aromatic rings. The van der Waals surface area contributed by atoms with Crippen molar-refractivity contribution in [2.75, 3.05) is 0 Å². The zero-order valence-electron chi connectivity index (χ0n) is 11.1. The lowest BCUT2D eigenvalue weighted by Crippen LogP contribution is -2.00. The molecular formula is C16H13N3O. The average molecular weight is 263 g/mol. The van der Waals surface area contributed by atoms with Crippen LogP contribution in [-0.2, 0) is 6.54 Å². The Morgan fingerprint density at radius 3 is 3.10 bits per heavy atom. The van der Waals surface area contributed by atoms with Crippen LogP contribution in [0.4, 0.5) is 0 Å². The lowest BCUT2D eigenvalue weighted by Gasteiger charge is -2.05. The van der Waals surface area contributed by atoms with Gasteiger partial charge in [0.2, 0.25) is 5.89 Å². The molecule has 0 atom stereocenters. The lowest BCUT2D eigenvalue weighted by atomic mass is 10.2. The zero-order chi connectivity index (χ0) is 13.5. The number of nitrogens with zero attached hydrogens (tertiary/aromatic N) is 3. The highest BCUT2D eigenvalue weighted by atomic mass is 16.3. The second-order valence-corrected chi connectivity index (χ2v) is 4.98. The fourth-order valence-corrected chi connectivity index (χ4v) is 2.40. The molecule has 0 N–H and O–H groups in total. The number of aromatic nitrogens is 3. The molecule has 3 heterocycles. The molecule has 0 unspecified atom stereocenters. The fraction of sp³-hybridized carbons (Fsp3) is 0.125. The molecule has 0 amide bonds. The van der Waals surface area contributed by atoms with Gasteiger partial charge in [-0.1, -0.05) is 6.07 Å². The first-order valence-electron chi connectivity index (χ1n) is 6.54. The summed E-state index contributed by atoms with van der Waals surface area (Å²) in [5.74, 6) is 0.717. The van der Waals surface area contributed by atoms with Gasteiger partial charge in [-0.3, -0.25) is 4.98 Å². The Morgan fingerprint density at radius 2 is 2.15 bits per heavy atom. The van der Waals surface area contributed by atoms with Gasteiger partial charge in [-0.25, -0.2) is 4.98 Å². The van der Waals surface area contributed by atoms with Gasteiger partial charge in [-0.2, -0.15) is 0 Å². The Balaban J connectivity index is 1.71. The van der Waals surface area contributed by atoms with E-state index in [0.717, 1.165) is 28.2 Å². The maximum Gasteiger partial charge on any atom is 0.215 e. The third kappa shape index (κ3) is 1.86. The van der Waals surface area contributed by atoms with Gasteiger partial charge in [-0.15, -0.1) is 0 Å². The van der Waals surface area contributed by atoms with Crippen molar-refractivity contribution in [2.45, 2.75) is 13.5 Å². The van der Waals surface area contributed by atoms with E-state index in [1.165, 1.54) is 5.56 Å². The van der Waals surface area contributed by atoms with Crippen molar-refractivity contribution in [1.29, 1.82) is 0 Å². The number of oxazole rings is 1. The van der Waals surface area contributed by atoms with E-state index in [1.54, 1.807) is 0 Å². The van der Waals surface area contributed by atoms with Crippen LogP contribution in [0.15, 0.2) is 53.3 Å². The highest BCUT2D eigenvalue weighted by Crippen LogP contribution is 2.20. The van der Waals surface area contributed by atoms with E-state index >= 15 is 0 Å². The van der Waals surface area contributed by atoms with Crippen LogP contribution in [0.2, 0.25) is 0 Å². The second kappa shape index (κ2) is 4.20. The van der Waals surface area contributed by atoms with Crippen LogP contribution in [-0.4, -0.2) is 14.5 Å². The molecular weight excluding hydrogens is 250 g/mol. The minimum Gasteiger partial charge on any atom is -0.439 e. The minimum atomic E-state index is 0.620. The van der Waals surface area contributed by atoms with Crippen molar-refractivity contribution in [1.82, 2.24) is 14.5 Å². The van der Waals surface area contributed by atoms with E-state index < -0.39 is 0 Å². The summed E-state index contributed by atoms with van der Waals surface area (Å²) in [6.07, 6.45) is 5.87. The number of rotatable bonds is 2. The van der Waals surface area contributed by atoms with Gasteiger partial charge in [0.1, 0.15) is 5.52 Å². The molecule has 2 aliphatic heterocycles. The largest absolute Gasteiger partial charge is 0.439 e. The van der Waals surface area contributed by atoms with E-state index in [1.807, 2.05) is 42.7 Å². The minimum absolute atomic E-state index is 0.620. The van der Waals surface area contributed by atoms with Crippen molar-refractivity contribution in [2.24, 2.45) is 0 Å². The SMILES string of the molecule is Cc1ccc2oc(Cn3ccc4nccc-4c3)nc2c1. The Morgan fingerprint density at radius 1 is 1.20 bits per heavy atom. The molecule has 1 aromatic heterocycles. The predicted octanol–water partition coefficient (Wildman–Crippen LogP) is 3.49. The predicted molar refractivity (Wildman–Crippen MR) is 76.7 cm³/mol. The molecule has 98 valence electrons. The molecule has 0 bridgehead atoms. The monoisotopic (exact) mass is 263 g/mol. The maximum atomic E-state index is 5.77. The first-order chi connectivity index (χ1) is 9.78. The van der Waals surface area contributed by atoms with Gasteiger partial charge < -0.3 is 8.98 Å². The quantitative estimate of drug-likeness (QED) is 0.556. The van der Waals surface area contributed by atoms with Crippen LogP contribution < -0.4 is 0 Å². The summed E-state index contributed by atoms with van der Waals surface area (Å²) in [6.45, 7) is 2.67. The Bertz CT molecular complexity index is 859. The average Bonchev–Trinajstić information content (AvgIpc) is 3.03. The molecule has 0 spiro atoms. The number of pyridine rings is 1. The van der Waals surface area contributed by atoms with Crippen LogP contribution in [0.25, 0.3) is 22.4 Å². The summed E-state index contributed by atoms with van der Waals surface area (Å²) in [5, 5.41) is 0. The topological polar surface area (TPSA) is 43.9 Å². The third-order valence-electron chi connectivity index (χ3n) is 3.40. The Hall–Kier alpha value is -2.62. The molecule has 1 aromatic carbocycles. The van der Waals surface area contributed by atoms with E-state index in [0.29, 0.717) is 6.54 Å². The van der Waals surface area contributed by atoms with Crippen molar-refractivity contribution in [3.8, 4) is 11.3 Å². The van der Waals surface area contributed by atoms with Crippen LogP contribution in [0, 0.1) is 6.92 Å². The summed E-state index contributed by atoms with van der Waals surface area (Å²) in [6, 6.07) is 10.0. The van der Waals surface area contributed by atoms with E-state index in [9.17, 15) is 0 Å². The van der Waals surface area contributed by atoms with Crippen LogP contribution in [0.3, 0.4) is 0 Å². The van der Waals surface area contributed by atoms with Crippen molar-refractivity contribution >= 4 is 11.1 Å². The number of fused-ring (bicyclic) bond motifs is 2. The molecule has 20 heavy (non-hydrogen) atoms. The summed E-state index contributed by atoms with van der Waals surface area (Å²) in [5.41, 5.74) is 5.07. The standard InChI is InChI=1S/C16H13N3O/c1-11-2-3-15-14(8-11)18-16(20-15)10-19-7-5-13-12(9-19)4-6-17-13/h2-9H,10H2,1H3. The highest BCUT2D eigenvalue weighted by molar-refractivity contribution is 5.73. The first-order valence-corrected chi connectivity index (χ1v) is 6.54. The number of benzene rings is 1. The van der Waals surface area contributed by atoms with Gasteiger partial charge in [0.15, 0.2) is 5.58 Å². The molecule has 4 heteroatoms. The van der Waals surface area contributed by atoms with Crippen molar-refractivity contribution in [3.63, 3.8) is 0 Å². The van der Waals surface area contributed by atoms with Gasteiger partial charge in [0.25, 0.3) is 0 Å². The molecule has 4 nitrogen and oxygen atoms in total. The molecule has 0 saturated heterocycles. The van der Waals surface area contributed by atoms with E-state index in [4.69, 9.17) is 4.42 Å². The number of hydrogen-bond acceptors (Lipinski definition) is 3. The molecule has 0 fully saturated rings. The number of hydrogen-bond donors (Lipinski definition) is 0. The van der Waals surface area contributed by atoms with Crippen LogP contribution in [0.5, 0.6) is 0 Å². The van der Waals surface area contributed by atoms with Gasteiger partial charge in [0, 0.05) is 24.2 Å².